The Morgan fingerprint density at radius 1 is 1.04 bits per heavy atom. The van der Waals surface area contributed by atoms with Crippen LogP contribution < -0.4 is 10.1 Å². The van der Waals surface area contributed by atoms with Crippen LogP contribution in [0.2, 0.25) is 0 Å². The number of ether oxygens (including phenoxy) is 1. The average Bonchev–Trinajstić information content (AvgIpc) is 3.26. The normalized spacial score (nSPS) is 10.5. The number of hydrogen-bond acceptors (Lipinski definition) is 5. The summed E-state index contributed by atoms with van der Waals surface area (Å²) in [6.45, 7) is 0. The van der Waals surface area contributed by atoms with Crippen LogP contribution in [0.5, 0.6) is 11.8 Å². The second-order valence-corrected chi connectivity index (χ2v) is 5.74. The summed E-state index contributed by atoms with van der Waals surface area (Å²) in [7, 11) is 0. The van der Waals surface area contributed by atoms with Crippen molar-refractivity contribution in [1.29, 1.82) is 0 Å². The van der Waals surface area contributed by atoms with Crippen molar-refractivity contribution in [3.05, 3.63) is 90.8 Å². The highest BCUT2D eigenvalue weighted by molar-refractivity contribution is 6.04. The second kappa shape index (κ2) is 7.67. The van der Waals surface area contributed by atoms with Crippen molar-refractivity contribution in [1.82, 2.24) is 19.7 Å². The number of para-hydroxylation sites is 1. The Hall–Kier alpha value is -4.07. The molecule has 7 nitrogen and oxygen atoms in total. The maximum absolute atomic E-state index is 13.6. The van der Waals surface area contributed by atoms with Gasteiger partial charge in [-0.2, -0.15) is 5.10 Å². The van der Waals surface area contributed by atoms with E-state index < -0.39 is 5.82 Å². The molecule has 0 spiro atoms. The van der Waals surface area contributed by atoms with Crippen molar-refractivity contribution in [3.8, 4) is 17.4 Å². The van der Waals surface area contributed by atoms with E-state index in [1.54, 1.807) is 53.5 Å². The molecule has 4 aromatic rings. The molecule has 4 rings (SSSR count). The number of halogens is 1. The molecule has 2 aromatic heterocycles. The number of carbonyl (C=O) groups is 1. The first-order valence-electron chi connectivity index (χ1n) is 8.35. The van der Waals surface area contributed by atoms with Gasteiger partial charge in [0.15, 0.2) is 11.6 Å². The van der Waals surface area contributed by atoms with E-state index in [-0.39, 0.29) is 17.7 Å². The summed E-state index contributed by atoms with van der Waals surface area (Å²) in [5, 5.41) is 6.86. The lowest BCUT2D eigenvalue weighted by Gasteiger charge is -2.08. The van der Waals surface area contributed by atoms with Crippen molar-refractivity contribution >= 4 is 11.6 Å². The molecule has 1 N–H and O–H groups in total. The van der Waals surface area contributed by atoms with E-state index in [1.165, 1.54) is 24.5 Å². The second-order valence-electron chi connectivity index (χ2n) is 5.74. The van der Waals surface area contributed by atoms with E-state index in [9.17, 15) is 9.18 Å². The van der Waals surface area contributed by atoms with Gasteiger partial charge in [0.1, 0.15) is 0 Å². The third-order valence-electron chi connectivity index (χ3n) is 3.80. The molecule has 0 radical (unpaired) electrons. The fourth-order valence-electron chi connectivity index (χ4n) is 2.47. The topological polar surface area (TPSA) is 81.9 Å². The fourth-order valence-corrected chi connectivity index (χ4v) is 2.47. The first-order valence-corrected chi connectivity index (χ1v) is 8.35. The molecule has 0 bridgehead atoms. The third kappa shape index (κ3) is 3.85. The van der Waals surface area contributed by atoms with E-state index in [0.717, 1.165) is 5.69 Å². The van der Waals surface area contributed by atoms with Crippen LogP contribution in [-0.2, 0) is 0 Å². The summed E-state index contributed by atoms with van der Waals surface area (Å²) >= 11 is 0. The molecule has 0 saturated heterocycles. The highest BCUT2D eigenvalue weighted by Gasteiger charge is 2.10. The minimum atomic E-state index is -0.513. The predicted molar refractivity (Wildman–Crippen MR) is 100 cm³/mol. The summed E-state index contributed by atoms with van der Waals surface area (Å²) < 4.78 is 20.6. The average molecular weight is 375 g/mol. The molecule has 2 aromatic carbocycles. The van der Waals surface area contributed by atoms with Crippen molar-refractivity contribution in [2.75, 3.05) is 5.32 Å². The van der Waals surface area contributed by atoms with Gasteiger partial charge in [-0.1, -0.05) is 18.2 Å². The van der Waals surface area contributed by atoms with E-state index >= 15 is 0 Å². The van der Waals surface area contributed by atoms with E-state index in [2.05, 4.69) is 20.4 Å². The van der Waals surface area contributed by atoms with Gasteiger partial charge in [0, 0.05) is 18.0 Å². The maximum Gasteiger partial charge on any atom is 0.322 e. The Kier molecular flexibility index (Phi) is 4.75. The molecule has 0 aliphatic heterocycles. The fraction of sp³-hybridized carbons (Fsp3) is 0. The van der Waals surface area contributed by atoms with Gasteiger partial charge in [-0.15, -0.1) is 0 Å². The molecule has 0 unspecified atom stereocenters. The van der Waals surface area contributed by atoms with Crippen LogP contribution in [0.15, 0.2) is 79.4 Å². The number of rotatable bonds is 5. The van der Waals surface area contributed by atoms with Crippen molar-refractivity contribution in [3.63, 3.8) is 0 Å². The van der Waals surface area contributed by atoms with Crippen LogP contribution in [0, 0.1) is 5.82 Å². The largest absolute Gasteiger partial charge is 0.421 e. The molecule has 0 atom stereocenters. The number of benzene rings is 2. The molecule has 0 fully saturated rings. The Bertz CT molecular complexity index is 1100. The zero-order chi connectivity index (χ0) is 19.3. The molecule has 1 amide bonds. The lowest BCUT2D eigenvalue weighted by atomic mass is 10.2. The zero-order valence-electron chi connectivity index (χ0n) is 14.5. The lowest BCUT2D eigenvalue weighted by molar-refractivity contribution is 0.102. The predicted octanol–water partition coefficient (Wildman–Crippen LogP) is 3.85. The number of amides is 1. The standard InChI is InChI=1S/C20H14FN5O2/c21-17-7-1-2-8-18(17)28-20-22-12-15(13-23-20)25-19(27)14-5-3-6-16(11-14)26-10-4-9-24-26/h1-13H,(H,25,27). The van der Waals surface area contributed by atoms with Crippen LogP contribution in [0.3, 0.4) is 0 Å². The summed E-state index contributed by atoms with van der Waals surface area (Å²) in [5.41, 5.74) is 1.61. The van der Waals surface area contributed by atoms with Gasteiger partial charge in [0.2, 0.25) is 0 Å². The quantitative estimate of drug-likeness (QED) is 0.573. The van der Waals surface area contributed by atoms with Gasteiger partial charge >= 0.3 is 6.01 Å². The van der Waals surface area contributed by atoms with E-state index in [4.69, 9.17) is 4.74 Å². The van der Waals surface area contributed by atoms with Gasteiger partial charge in [-0.3, -0.25) is 4.79 Å². The highest BCUT2D eigenvalue weighted by Crippen LogP contribution is 2.21. The molecule has 138 valence electrons. The van der Waals surface area contributed by atoms with E-state index in [1.807, 2.05) is 6.07 Å². The Labute approximate surface area is 159 Å². The lowest BCUT2D eigenvalue weighted by Crippen LogP contribution is -2.13. The molecule has 8 heteroatoms. The molecule has 0 saturated carbocycles. The van der Waals surface area contributed by atoms with Crippen molar-refractivity contribution in [2.24, 2.45) is 0 Å². The zero-order valence-corrected chi connectivity index (χ0v) is 14.5. The van der Waals surface area contributed by atoms with Crippen molar-refractivity contribution < 1.29 is 13.9 Å². The summed E-state index contributed by atoms with van der Waals surface area (Å²) in [5.74, 6) is -0.810. The van der Waals surface area contributed by atoms with E-state index in [0.29, 0.717) is 11.3 Å². The molecule has 0 aliphatic rings. The van der Waals surface area contributed by atoms with Gasteiger partial charge in [0.05, 0.1) is 23.8 Å². The maximum atomic E-state index is 13.6. The van der Waals surface area contributed by atoms with Gasteiger partial charge < -0.3 is 10.1 Å². The first kappa shape index (κ1) is 17.3. The Morgan fingerprint density at radius 3 is 2.61 bits per heavy atom. The molecular formula is C20H14FN5O2. The number of aromatic nitrogens is 4. The first-order chi connectivity index (χ1) is 13.7. The minimum absolute atomic E-state index is 0.0229. The van der Waals surface area contributed by atoms with Gasteiger partial charge in [0.25, 0.3) is 5.91 Å². The third-order valence-corrected chi connectivity index (χ3v) is 3.80. The van der Waals surface area contributed by atoms with Crippen LogP contribution in [0.25, 0.3) is 5.69 Å². The number of carbonyl (C=O) groups excluding carboxylic acids is 1. The van der Waals surface area contributed by atoms with Crippen LogP contribution in [-0.4, -0.2) is 25.7 Å². The monoisotopic (exact) mass is 375 g/mol. The van der Waals surface area contributed by atoms with Crippen LogP contribution in [0.1, 0.15) is 10.4 Å². The molecule has 2 heterocycles. The number of anilines is 1. The minimum Gasteiger partial charge on any atom is -0.421 e. The van der Waals surface area contributed by atoms with Crippen molar-refractivity contribution in [2.45, 2.75) is 0 Å². The van der Waals surface area contributed by atoms with Gasteiger partial charge in [-0.05, 0) is 36.4 Å². The van der Waals surface area contributed by atoms with Crippen LogP contribution in [0.4, 0.5) is 10.1 Å². The van der Waals surface area contributed by atoms with Crippen LogP contribution >= 0.6 is 0 Å². The smallest absolute Gasteiger partial charge is 0.322 e. The molecule has 0 aliphatic carbocycles. The number of hydrogen-bond donors (Lipinski definition) is 1. The SMILES string of the molecule is O=C(Nc1cnc(Oc2ccccc2F)nc1)c1cccc(-n2cccn2)c1. The Morgan fingerprint density at radius 2 is 1.86 bits per heavy atom. The highest BCUT2D eigenvalue weighted by atomic mass is 19.1. The number of nitrogens with one attached hydrogen (secondary N) is 1. The summed E-state index contributed by atoms with van der Waals surface area (Å²) in [6.07, 6.45) is 6.23. The summed E-state index contributed by atoms with van der Waals surface area (Å²) in [6, 6.07) is 14.8. The molecular weight excluding hydrogens is 361 g/mol. The Balaban J connectivity index is 1.45. The summed E-state index contributed by atoms with van der Waals surface area (Å²) in [4.78, 5) is 20.5. The van der Waals surface area contributed by atoms with Gasteiger partial charge in [-0.25, -0.2) is 19.0 Å². The number of nitrogens with zero attached hydrogens (tertiary/aromatic N) is 4. The molecule has 28 heavy (non-hydrogen) atoms.